The average Bonchev–Trinajstić information content (AvgIpc) is 2.97. The standard InChI is InChI=1S/C35H38N2O2S/c1-3-4-20-35(40(38,39)34-23-21-30(2)22-24-34)37(29-33-18-12-7-13-19-33)26-25-36(27-31-14-8-5-9-15-31)28-32-16-10-6-11-17-32/h3,5-24H,1,4,25-29H2,2H3/b35-20+. The van der Waals surface area contributed by atoms with E-state index in [9.17, 15) is 8.42 Å². The number of aryl methyl sites for hydroxylation is 1. The lowest BCUT2D eigenvalue weighted by molar-refractivity contribution is 0.216. The number of allylic oxidation sites excluding steroid dienone is 2. The van der Waals surface area contributed by atoms with Crippen molar-refractivity contribution in [1.29, 1.82) is 0 Å². The molecule has 0 saturated carbocycles. The topological polar surface area (TPSA) is 40.6 Å². The fourth-order valence-corrected chi connectivity index (χ4v) is 6.21. The molecule has 0 amide bonds. The fourth-order valence-electron chi connectivity index (χ4n) is 4.66. The number of rotatable bonds is 14. The Morgan fingerprint density at radius 3 is 1.62 bits per heavy atom. The van der Waals surface area contributed by atoms with E-state index >= 15 is 0 Å². The molecule has 5 heteroatoms. The van der Waals surface area contributed by atoms with Gasteiger partial charge in [0, 0.05) is 32.7 Å². The van der Waals surface area contributed by atoms with Gasteiger partial charge in [0.2, 0.25) is 9.84 Å². The van der Waals surface area contributed by atoms with Gasteiger partial charge < -0.3 is 4.90 Å². The molecule has 0 fully saturated rings. The second-order valence-electron chi connectivity index (χ2n) is 9.97. The molecule has 0 atom stereocenters. The minimum absolute atomic E-state index is 0.303. The maximum atomic E-state index is 14.1. The van der Waals surface area contributed by atoms with Crippen LogP contribution in [0.15, 0.2) is 144 Å². The monoisotopic (exact) mass is 550 g/mol. The summed E-state index contributed by atoms with van der Waals surface area (Å²) in [7, 11) is -3.75. The highest BCUT2D eigenvalue weighted by atomic mass is 32.2. The van der Waals surface area contributed by atoms with Gasteiger partial charge in [-0.2, -0.15) is 0 Å². The van der Waals surface area contributed by atoms with Crippen LogP contribution >= 0.6 is 0 Å². The highest BCUT2D eigenvalue weighted by Crippen LogP contribution is 2.26. The highest BCUT2D eigenvalue weighted by molar-refractivity contribution is 7.95. The number of nitrogens with zero attached hydrogens (tertiary/aromatic N) is 2. The van der Waals surface area contributed by atoms with Crippen molar-refractivity contribution in [2.45, 2.75) is 37.9 Å². The Balaban J connectivity index is 1.67. The van der Waals surface area contributed by atoms with Crippen LogP contribution in [0, 0.1) is 6.92 Å². The Hall–Kier alpha value is -3.93. The van der Waals surface area contributed by atoms with E-state index in [4.69, 9.17) is 0 Å². The summed E-state index contributed by atoms with van der Waals surface area (Å²) >= 11 is 0. The zero-order chi connectivity index (χ0) is 28.2. The molecule has 0 spiro atoms. The number of benzene rings is 4. The van der Waals surface area contributed by atoms with Gasteiger partial charge in [-0.1, -0.05) is 115 Å². The lowest BCUT2D eigenvalue weighted by Gasteiger charge is -2.31. The Morgan fingerprint density at radius 1 is 0.675 bits per heavy atom. The molecule has 0 aliphatic carbocycles. The summed E-state index contributed by atoms with van der Waals surface area (Å²) in [5.74, 6) is 0. The zero-order valence-electron chi connectivity index (χ0n) is 23.2. The smallest absolute Gasteiger partial charge is 0.221 e. The van der Waals surface area contributed by atoms with Crippen LogP contribution in [0.4, 0.5) is 0 Å². The molecular formula is C35H38N2O2S. The maximum absolute atomic E-state index is 14.1. The van der Waals surface area contributed by atoms with Crippen molar-refractivity contribution in [1.82, 2.24) is 9.80 Å². The van der Waals surface area contributed by atoms with Crippen molar-refractivity contribution in [2.24, 2.45) is 0 Å². The molecule has 0 radical (unpaired) electrons. The summed E-state index contributed by atoms with van der Waals surface area (Å²) in [5.41, 5.74) is 4.53. The van der Waals surface area contributed by atoms with Crippen LogP contribution in [0.2, 0.25) is 0 Å². The van der Waals surface area contributed by atoms with Gasteiger partial charge in [0.1, 0.15) is 5.03 Å². The van der Waals surface area contributed by atoms with Crippen molar-refractivity contribution in [3.8, 4) is 0 Å². The summed E-state index contributed by atoms with van der Waals surface area (Å²) in [6.45, 7) is 9.06. The van der Waals surface area contributed by atoms with Gasteiger partial charge in [0.05, 0.1) is 4.90 Å². The average molecular weight is 551 g/mol. The highest BCUT2D eigenvalue weighted by Gasteiger charge is 2.26. The first-order valence-corrected chi connectivity index (χ1v) is 15.2. The van der Waals surface area contributed by atoms with Gasteiger partial charge in [-0.25, -0.2) is 8.42 Å². The van der Waals surface area contributed by atoms with E-state index in [-0.39, 0.29) is 0 Å². The first-order chi connectivity index (χ1) is 19.5. The van der Waals surface area contributed by atoms with Gasteiger partial charge in [0.15, 0.2) is 0 Å². The van der Waals surface area contributed by atoms with E-state index in [0.717, 1.165) is 24.2 Å². The van der Waals surface area contributed by atoms with Crippen molar-refractivity contribution in [3.05, 3.63) is 161 Å². The van der Waals surface area contributed by atoms with Gasteiger partial charge in [-0.15, -0.1) is 6.58 Å². The third-order valence-electron chi connectivity index (χ3n) is 6.78. The van der Waals surface area contributed by atoms with Crippen molar-refractivity contribution in [3.63, 3.8) is 0 Å². The molecule has 4 rings (SSSR count). The molecule has 4 aromatic carbocycles. The van der Waals surface area contributed by atoms with Crippen molar-refractivity contribution in [2.75, 3.05) is 13.1 Å². The molecule has 0 saturated heterocycles. The first-order valence-electron chi connectivity index (χ1n) is 13.7. The number of sulfone groups is 1. The van der Waals surface area contributed by atoms with Gasteiger partial charge in [-0.3, -0.25) is 4.90 Å². The molecule has 0 aromatic heterocycles. The van der Waals surface area contributed by atoms with E-state index in [1.165, 1.54) is 11.1 Å². The maximum Gasteiger partial charge on any atom is 0.221 e. The van der Waals surface area contributed by atoms with Gasteiger partial charge in [0.25, 0.3) is 0 Å². The zero-order valence-corrected chi connectivity index (χ0v) is 24.0. The third kappa shape index (κ3) is 8.28. The predicted molar refractivity (Wildman–Crippen MR) is 165 cm³/mol. The summed E-state index contributed by atoms with van der Waals surface area (Å²) in [5, 5.41) is 0.319. The van der Waals surface area contributed by atoms with Gasteiger partial charge in [-0.05, 0) is 48.2 Å². The molecule has 0 aliphatic rings. The summed E-state index contributed by atoms with van der Waals surface area (Å²) in [4.78, 5) is 4.69. The molecule has 4 nitrogen and oxygen atoms in total. The minimum Gasteiger partial charge on any atom is -0.357 e. The molecular weight excluding hydrogens is 512 g/mol. The molecule has 0 aliphatic heterocycles. The molecule has 0 bridgehead atoms. The number of hydrogen-bond acceptors (Lipinski definition) is 4. The summed E-state index contributed by atoms with van der Waals surface area (Å²) in [6, 6.07) is 38.0. The molecule has 4 aromatic rings. The first kappa shape index (κ1) is 29.1. The van der Waals surface area contributed by atoms with E-state index in [2.05, 4.69) is 60.0 Å². The predicted octanol–water partition coefficient (Wildman–Crippen LogP) is 7.39. The fraction of sp³-hybridized carbons (Fsp3) is 0.200. The second-order valence-corrected chi connectivity index (χ2v) is 11.9. The van der Waals surface area contributed by atoms with E-state index in [1.54, 1.807) is 24.3 Å². The van der Waals surface area contributed by atoms with Crippen LogP contribution in [0.25, 0.3) is 0 Å². The Bertz CT molecular complexity index is 1430. The second kappa shape index (κ2) is 14.5. The molecule has 0 N–H and O–H groups in total. The van der Waals surface area contributed by atoms with Crippen LogP contribution in [0.3, 0.4) is 0 Å². The minimum atomic E-state index is -3.75. The molecule has 40 heavy (non-hydrogen) atoms. The van der Waals surface area contributed by atoms with Crippen molar-refractivity contribution < 1.29 is 8.42 Å². The summed E-state index contributed by atoms with van der Waals surface area (Å²) in [6.07, 6.45) is 4.00. The van der Waals surface area contributed by atoms with E-state index < -0.39 is 9.84 Å². The van der Waals surface area contributed by atoms with Crippen LogP contribution in [0.1, 0.15) is 28.7 Å². The Morgan fingerprint density at radius 2 is 1.15 bits per heavy atom. The summed E-state index contributed by atoms with van der Waals surface area (Å²) < 4.78 is 28.1. The van der Waals surface area contributed by atoms with Crippen LogP contribution in [0.5, 0.6) is 0 Å². The van der Waals surface area contributed by atoms with Crippen LogP contribution in [-0.2, 0) is 29.5 Å². The third-order valence-corrected chi connectivity index (χ3v) is 8.65. The Labute approximate surface area is 239 Å². The Kier molecular flexibility index (Phi) is 10.5. The normalized spacial score (nSPS) is 11.9. The van der Waals surface area contributed by atoms with E-state index in [0.29, 0.717) is 36.0 Å². The lowest BCUT2D eigenvalue weighted by Crippen LogP contribution is -2.36. The van der Waals surface area contributed by atoms with Crippen LogP contribution < -0.4 is 0 Å². The largest absolute Gasteiger partial charge is 0.357 e. The van der Waals surface area contributed by atoms with Crippen molar-refractivity contribution >= 4 is 9.84 Å². The van der Waals surface area contributed by atoms with Gasteiger partial charge >= 0.3 is 0 Å². The molecule has 0 heterocycles. The SMILES string of the molecule is C=CC/C=C(\N(CCN(Cc1ccccc1)Cc1ccccc1)Cc1ccccc1)S(=O)(=O)c1ccc(C)cc1. The lowest BCUT2D eigenvalue weighted by atomic mass is 10.1. The quantitative estimate of drug-likeness (QED) is 0.154. The van der Waals surface area contributed by atoms with E-state index in [1.807, 2.05) is 66.4 Å². The number of hydrogen-bond donors (Lipinski definition) is 0. The molecule has 206 valence electrons. The molecule has 0 unspecified atom stereocenters. The van der Waals surface area contributed by atoms with Crippen LogP contribution in [-0.4, -0.2) is 31.3 Å².